The fourth-order valence-corrected chi connectivity index (χ4v) is 2.84. The molecule has 6 heteroatoms. The summed E-state index contributed by atoms with van der Waals surface area (Å²) in [5.41, 5.74) is 6.73. The van der Waals surface area contributed by atoms with Crippen molar-refractivity contribution in [1.82, 2.24) is 0 Å². The molecule has 0 aliphatic heterocycles. The van der Waals surface area contributed by atoms with Gasteiger partial charge in [0, 0.05) is 0 Å². The Morgan fingerprint density at radius 2 is 0.571 bits per heavy atom. The molecule has 0 fully saturated rings. The van der Waals surface area contributed by atoms with Crippen LogP contribution in [0.15, 0.2) is 142 Å². The van der Waals surface area contributed by atoms with Crippen molar-refractivity contribution in [2.24, 2.45) is 0 Å². The van der Waals surface area contributed by atoms with Gasteiger partial charge in [-0.15, -0.1) is 0 Å². The molecular formula is C50H76O6. The Labute approximate surface area is 342 Å². The highest BCUT2D eigenvalue weighted by Gasteiger charge is 1.93. The number of Topliss-reactive ketones (excluding diaryl/α,β-unsaturated/α-hetero) is 4. The van der Waals surface area contributed by atoms with Gasteiger partial charge in [0.2, 0.25) is 0 Å². The summed E-state index contributed by atoms with van der Waals surface area (Å²) in [6.07, 6.45) is 33.4. The van der Waals surface area contributed by atoms with Gasteiger partial charge in [-0.2, -0.15) is 0 Å². The number of hydrogen-bond donors (Lipinski definition) is 0. The van der Waals surface area contributed by atoms with E-state index >= 15 is 0 Å². The monoisotopic (exact) mass is 773 g/mol. The van der Waals surface area contributed by atoms with Gasteiger partial charge in [-0.25, -0.2) is 0 Å². The Morgan fingerprint density at radius 3 is 0.750 bits per heavy atom. The molecule has 0 aromatic heterocycles. The zero-order chi connectivity index (χ0) is 45.1. The molecule has 0 bridgehead atoms. The maximum Gasteiger partial charge on any atom is 0.155 e. The minimum Gasteiger partial charge on any atom is -0.298 e. The molecule has 0 amide bonds. The summed E-state index contributed by atoms with van der Waals surface area (Å²) in [6, 6.07) is 0. The fraction of sp³-hybridized carbons (Fsp3) is 0.400. The predicted octanol–water partition coefficient (Wildman–Crippen LogP) is 13.4. The molecule has 0 saturated carbocycles. The van der Waals surface area contributed by atoms with E-state index in [4.69, 9.17) is 0 Å². The maximum atomic E-state index is 11.1. The summed E-state index contributed by atoms with van der Waals surface area (Å²) >= 11 is 0. The normalized spacial score (nSPS) is 12.9. The molecule has 0 unspecified atom stereocenters. The Balaban J connectivity index is -0.000000162. The average Bonchev–Trinajstić information content (AvgIpc) is 3.17. The van der Waals surface area contributed by atoms with Crippen molar-refractivity contribution < 1.29 is 28.8 Å². The standard InChI is InChI=1S/C22H28O2.C10H12O2.2C7H12O.2C2H6/c1-17(13-9-15-19(3)21(5)23)11-7-8-12-18(2)14-10-16-20(4)22(6)24;1-9(7-11)5-3-4-6-10(2)8-12;2*1-4-5-6(2)7(3)8;2*1-2/h7-16H,1-6H3;3-8H,1-2H3;2*5H,4H2,1-3H3;2*1-2H3/b8-7+,13-9+,14-10+,17-11+,18-12+,19-15+,20-16+;4-3+,9-5+,10-6+;2*6-5+;;. The van der Waals surface area contributed by atoms with E-state index in [1.165, 1.54) is 0 Å². The molecule has 312 valence electrons. The Bertz CT molecular complexity index is 1420. The third-order valence-corrected chi connectivity index (χ3v) is 6.68. The van der Waals surface area contributed by atoms with Crippen LogP contribution in [-0.2, 0) is 28.8 Å². The van der Waals surface area contributed by atoms with Crippen molar-refractivity contribution in [1.29, 1.82) is 0 Å². The number of rotatable bonds is 16. The largest absolute Gasteiger partial charge is 0.298 e. The number of carbonyl (C=O) groups is 6. The summed E-state index contributed by atoms with van der Waals surface area (Å²) in [4.78, 5) is 63.3. The van der Waals surface area contributed by atoms with Gasteiger partial charge >= 0.3 is 0 Å². The van der Waals surface area contributed by atoms with E-state index in [0.29, 0.717) is 11.1 Å². The first kappa shape index (κ1) is 62.9. The van der Waals surface area contributed by atoms with E-state index in [1.807, 2.05) is 142 Å². The third-order valence-electron chi connectivity index (χ3n) is 6.68. The molecular weight excluding hydrogens is 697 g/mol. The number of allylic oxidation sites excluding steroid dienone is 24. The number of carbonyl (C=O) groups excluding carboxylic acids is 6. The van der Waals surface area contributed by atoms with Gasteiger partial charge < -0.3 is 0 Å². The predicted molar refractivity (Wildman–Crippen MR) is 245 cm³/mol. The fourth-order valence-electron chi connectivity index (χ4n) is 2.84. The van der Waals surface area contributed by atoms with Gasteiger partial charge in [-0.3, -0.25) is 28.8 Å². The molecule has 6 nitrogen and oxygen atoms in total. The van der Waals surface area contributed by atoms with Gasteiger partial charge in [-0.05, 0) is 129 Å². The SMILES string of the molecule is CC.CC.CC(=O)/C(C)=C/C=C/C(C)=C/C=C/C=C(C)/C=C/C=C(\C)C(C)=O.CC/C=C(\C)C(C)=O.CC/C=C(\C)C(C)=O.C\C(C=O)=C/C=C/C=C(\C)C=O. The van der Waals surface area contributed by atoms with E-state index in [9.17, 15) is 28.8 Å². The third kappa shape index (κ3) is 51.0. The molecule has 0 heterocycles. The van der Waals surface area contributed by atoms with Gasteiger partial charge in [-0.1, -0.05) is 150 Å². The molecule has 0 rings (SSSR count). The molecule has 0 aromatic rings. The summed E-state index contributed by atoms with van der Waals surface area (Å²) in [5, 5.41) is 0. The van der Waals surface area contributed by atoms with E-state index in [0.717, 1.165) is 58.9 Å². The maximum absolute atomic E-state index is 11.1. The van der Waals surface area contributed by atoms with Gasteiger partial charge in [0.15, 0.2) is 23.1 Å². The van der Waals surface area contributed by atoms with Crippen LogP contribution in [0.4, 0.5) is 0 Å². The molecule has 0 atom stereocenters. The van der Waals surface area contributed by atoms with Crippen LogP contribution < -0.4 is 0 Å². The minimum absolute atomic E-state index is 0.0863. The summed E-state index contributed by atoms with van der Waals surface area (Å²) < 4.78 is 0. The highest BCUT2D eigenvalue weighted by Crippen LogP contribution is 2.02. The molecule has 0 aliphatic carbocycles. The van der Waals surface area contributed by atoms with Crippen LogP contribution >= 0.6 is 0 Å². The van der Waals surface area contributed by atoms with Gasteiger partial charge in [0.05, 0.1) is 0 Å². The summed E-state index contributed by atoms with van der Waals surface area (Å²) in [5.74, 6) is 0.519. The van der Waals surface area contributed by atoms with Crippen molar-refractivity contribution in [3.05, 3.63) is 142 Å². The van der Waals surface area contributed by atoms with Crippen LogP contribution in [0.5, 0.6) is 0 Å². The van der Waals surface area contributed by atoms with E-state index in [-0.39, 0.29) is 23.1 Å². The summed E-state index contributed by atoms with van der Waals surface area (Å²) in [7, 11) is 0. The smallest absolute Gasteiger partial charge is 0.155 e. The van der Waals surface area contributed by atoms with Crippen LogP contribution in [0, 0.1) is 0 Å². The van der Waals surface area contributed by atoms with Crippen LogP contribution in [0.3, 0.4) is 0 Å². The molecule has 56 heavy (non-hydrogen) atoms. The highest BCUT2D eigenvalue weighted by atomic mass is 16.1. The second-order valence-corrected chi connectivity index (χ2v) is 11.9. The highest BCUT2D eigenvalue weighted by molar-refractivity contribution is 5.93. The van der Waals surface area contributed by atoms with Crippen LogP contribution in [0.25, 0.3) is 0 Å². The van der Waals surface area contributed by atoms with Crippen molar-refractivity contribution in [3.8, 4) is 0 Å². The minimum atomic E-state index is 0.0863. The first-order valence-corrected chi connectivity index (χ1v) is 19.3. The van der Waals surface area contributed by atoms with E-state index in [2.05, 4.69) is 0 Å². The van der Waals surface area contributed by atoms with Crippen LogP contribution in [0.2, 0.25) is 0 Å². The zero-order valence-electron chi connectivity index (χ0n) is 38.3. The molecule has 0 saturated heterocycles. The Morgan fingerprint density at radius 1 is 0.339 bits per heavy atom. The Hall–Kier alpha value is -5.10. The number of ketones is 4. The van der Waals surface area contributed by atoms with Crippen molar-refractivity contribution >= 4 is 35.7 Å². The van der Waals surface area contributed by atoms with E-state index in [1.54, 1.807) is 79.7 Å². The lowest BCUT2D eigenvalue weighted by molar-refractivity contribution is -0.114. The first-order chi connectivity index (χ1) is 26.3. The van der Waals surface area contributed by atoms with Crippen LogP contribution in [-0.4, -0.2) is 35.7 Å². The summed E-state index contributed by atoms with van der Waals surface area (Å²) in [6.45, 7) is 33.1. The molecule has 0 aromatic carbocycles. The average molecular weight is 773 g/mol. The van der Waals surface area contributed by atoms with Crippen molar-refractivity contribution in [3.63, 3.8) is 0 Å². The topological polar surface area (TPSA) is 102 Å². The van der Waals surface area contributed by atoms with Gasteiger partial charge in [0.1, 0.15) is 12.6 Å². The Kier molecular flexibility index (Phi) is 51.7. The lowest BCUT2D eigenvalue weighted by Gasteiger charge is -1.91. The van der Waals surface area contributed by atoms with Gasteiger partial charge in [0.25, 0.3) is 0 Å². The van der Waals surface area contributed by atoms with Crippen LogP contribution in [0.1, 0.15) is 137 Å². The number of hydrogen-bond acceptors (Lipinski definition) is 6. The number of aldehydes is 2. The van der Waals surface area contributed by atoms with E-state index < -0.39 is 0 Å². The molecule has 0 N–H and O–H groups in total. The van der Waals surface area contributed by atoms with Crippen molar-refractivity contribution in [2.45, 2.75) is 137 Å². The first-order valence-electron chi connectivity index (χ1n) is 19.3. The lowest BCUT2D eigenvalue weighted by atomic mass is 10.1. The second kappa shape index (κ2) is 46.1. The molecule has 0 spiro atoms. The molecule has 0 radical (unpaired) electrons. The van der Waals surface area contributed by atoms with Crippen molar-refractivity contribution in [2.75, 3.05) is 0 Å². The lowest BCUT2D eigenvalue weighted by Crippen LogP contribution is -1.89. The quantitative estimate of drug-likeness (QED) is 0.0879. The second-order valence-electron chi connectivity index (χ2n) is 11.9. The zero-order valence-corrected chi connectivity index (χ0v) is 38.3. The molecule has 0 aliphatic rings.